The Bertz CT molecular complexity index is 7180. The van der Waals surface area contributed by atoms with E-state index < -0.39 is 17.1 Å². The summed E-state index contributed by atoms with van der Waals surface area (Å²) in [7, 11) is 2.72. The van der Waals surface area contributed by atoms with Gasteiger partial charge in [-0.25, -0.2) is 29.0 Å². The number of methoxy groups -OCH3 is 2. The second-order valence-corrected chi connectivity index (χ2v) is 28.6. The molecule has 0 spiro atoms. The van der Waals surface area contributed by atoms with Gasteiger partial charge in [-0.1, -0.05) is 74.2 Å². The number of aromatic carboxylic acids is 1. The van der Waals surface area contributed by atoms with Gasteiger partial charge in [-0.2, -0.15) is 0 Å². The number of aryl methyl sites for hydroxylation is 2. The molecule has 0 atom stereocenters. The SMILES string of the molecule is C.CC(=O)c1ccc2cc3cc(C(=O)O)ccc3cc2c1.CC(=O)c1ccc2cc3cc(C=O)ccc3cc2c1.CCOC(=O)c1ccc2cc3cc(C(=O)OCC)ccc3cc2c1.COC(=O)c1ccc2cc3cc(C(=O)OC)ccc3cc2c1.Cc1cc2cc3cc(N)c(N)cc3cc2cc1N.Cc1nc2cc3[nH]c(=O)c(=O)[nH]c3cc2[nH]c1=O. The van der Waals surface area contributed by atoms with Gasteiger partial charge in [-0.3, -0.25) is 28.8 Å². The minimum Gasteiger partial charge on any atom is -0.478 e. The van der Waals surface area contributed by atoms with E-state index in [4.69, 9.17) is 41.3 Å². The number of H-pyrrole nitrogens is 3. The van der Waals surface area contributed by atoms with Crippen LogP contribution in [-0.4, -0.2) is 100 Å². The summed E-state index contributed by atoms with van der Waals surface area (Å²) in [5.74, 6) is -2.19. The molecule has 2 heterocycles. The third-order valence-electron chi connectivity index (χ3n) is 20.4. The number of fused-ring (bicyclic) bond motifs is 12. The van der Waals surface area contributed by atoms with Crippen LogP contribution in [0.1, 0.15) is 129 Å². The van der Waals surface area contributed by atoms with Crippen molar-refractivity contribution in [1.29, 1.82) is 0 Å². The lowest BCUT2D eigenvalue weighted by molar-refractivity contribution is 0.0517. The number of carbonyl (C=O) groups excluding carboxylic acids is 7. The Hall–Kier alpha value is -16.0. The van der Waals surface area contributed by atoms with Crippen molar-refractivity contribution in [2.24, 2.45) is 0 Å². The van der Waals surface area contributed by atoms with Crippen molar-refractivity contribution >= 4 is 195 Å². The molecule has 0 amide bonds. The molecule has 0 saturated carbocycles. The number of carboxylic acid groups (broad SMARTS) is 1. The number of ketones is 2. The van der Waals surface area contributed by atoms with Gasteiger partial charge in [0.1, 0.15) is 12.0 Å². The molecule has 0 unspecified atom stereocenters. The first-order valence-electron chi connectivity index (χ1n) is 38.1. The monoisotopic (exact) mass is 1630 g/mol. The van der Waals surface area contributed by atoms with Crippen LogP contribution >= 0.6 is 0 Å². The van der Waals surface area contributed by atoms with E-state index in [2.05, 4.69) is 38.1 Å². The van der Waals surface area contributed by atoms with Crippen LogP contribution < -0.4 is 33.9 Å². The highest BCUT2D eigenvalue weighted by molar-refractivity contribution is 6.10. The number of hydrogen-bond acceptors (Lipinski definition) is 19. The average molecular weight is 1630 g/mol. The number of aldehydes is 1. The van der Waals surface area contributed by atoms with Crippen LogP contribution in [0, 0.1) is 13.8 Å². The van der Waals surface area contributed by atoms with Gasteiger partial charge in [-0.05, 0) is 331 Å². The Morgan fingerprint density at radius 3 is 0.984 bits per heavy atom. The quantitative estimate of drug-likeness (QED) is 0.0127. The summed E-state index contributed by atoms with van der Waals surface area (Å²) in [6.07, 6.45) is 0.850. The van der Waals surface area contributed by atoms with Crippen LogP contribution in [0.4, 0.5) is 17.1 Å². The second-order valence-electron chi connectivity index (χ2n) is 28.6. The molecule has 0 bridgehead atoms. The van der Waals surface area contributed by atoms with Gasteiger partial charge < -0.3 is 56.2 Å². The van der Waals surface area contributed by atoms with Crippen LogP contribution in [0.5, 0.6) is 0 Å². The lowest BCUT2D eigenvalue weighted by Gasteiger charge is -2.08. The topological polar surface area (TPSA) is 383 Å². The zero-order chi connectivity index (χ0) is 86.2. The van der Waals surface area contributed by atoms with Crippen molar-refractivity contribution in [3.63, 3.8) is 0 Å². The van der Waals surface area contributed by atoms with Crippen LogP contribution in [0.15, 0.2) is 257 Å². The molecule has 23 heteroatoms. The number of nitrogens with two attached hydrogens (primary N) is 3. The molecule has 10 N–H and O–H groups in total. The number of ether oxygens (including phenoxy) is 4. The molecule has 18 aromatic rings. The zero-order valence-electron chi connectivity index (χ0n) is 66.8. The molecule has 0 aliphatic heterocycles. The summed E-state index contributed by atoms with van der Waals surface area (Å²) >= 11 is 0. The summed E-state index contributed by atoms with van der Waals surface area (Å²) in [5.41, 5.74) is 25.7. The minimum atomic E-state index is -0.932. The Kier molecular flexibility index (Phi) is 25.6. The minimum absolute atomic E-state index is 0. The van der Waals surface area contributed by atoms with E-state index in [9.17, 15) is 52.7 Å². The highest BCUT2D eigenvalue weighted by atomic mass is 16.5. The van der Waals surface area contributed by atoms with E-state index >= 15 is 0 Å². The number of aromatic amines is 3. The number of nitrogens with zero attached hydrogens (tertiary/aromatic N) is 1. The third kappa shape index (κ3) is 19.1. The van der Waals surface area contributed by atoms with Gasteiger partial charge in [0.25, 0.3) is 5.56 Å². The average Bonchev–Trinajstić information content (AvgIpc) is 0.791. The standard InChI is InChI=1S/C20H18O4.C18H14O4.C17H12O3.C17H12O2.C15H15N3.C11H8N4O3.CH4/c1-3-23-19(21)15-7-5-13-10-18-12-16(20(22)24-4-2)8-6-14(18)9-17(13)11-15;1-21-17(19)13-5-3-11-8-16-10-14(18(20)22-2)6-4-12(16)7-15(11)9-13;1-10(18)11-2-3-12-8-16-9-14(17(19)20)5-4-13(16)7-15(12)6-11;1-11(19)13-4-5-15-8-16-6-12(10-18)2-3-14(16)9-17(15)7-13;1-8-2-9-3-11-6-14(17)15(18)7-12(11)4-10(9)5-13(8)16;1-4-9(16)13-6-3-8-7(2-5(6)12-4)14-10(17)11(18)15-8;/h5-12H,3-4H2,1-2H3;3-10H,1-2H3;2-9H,1H3,(H,19,20);2-10H,1H3;2-7H,16-18H2,1H3;2-3H,1H3,(H,13,16)(H,14,17)(H,15,18);1H4. The fourth-order valence-corrected chi connectivity index (χ4v) is 13.9. The van der Waals surface area contributed by atoms with Gasteiger partial charge in [0.05, 0.1) is 88.7 Å². The largest absolute Gasteiger partial charge is 0.478 e. The first-order chi connectivity index (χ1) is 58.0. The summed E-state index contributed by atoms with van der Waals surface area (Å²) in [5, 5.41) is 29.3. The molecular weight excluding hydrogens is 1540 g/mol. The zero-order valence-corrected chi connectivity index (χ0v) is 66.8. The van der Waals surface area contributed by atoms with Crippen LogP contribution in [-0.2, 0) is 18.9 Å². The van der Waals surface area contributed by atoms with Gasteiger partial charge in [-0.15, -0.1) is 0 Å². The molecule has 0 aliphatic carbocycles. The van der Waals surface area contributed by atoms with E-state index in [1.807, 2.05) is 153 Å². The van der Waals surface area contributed by atoms with Gasteiger partial charge in [0.2, 0.25) is 0 Å². The van der Waals surface area contributed by atoms with Gasteiger partial charge >= 0.3 is 41.0 Å². The van der Waals surface area contributed by atoms with Crippen molar-refractivity contribution in [2.75, 3.05) is 44.6 Å². The molecule has 2 aromatic heterocycles. The van der Waals surface area contributed by atoms with E-state index in [0.717, 1.165) is 125 Å². The van der Waals surface area contributed by atoms with Crippen molar-refractivity contribution in [3.8, 4) is 0 Å². The Balaban J connectivity index is 0.000000134. The summed E-state index contributed by atoms with van der Waals surface area (Å²) < 4.78 is 19.6. The van der Waals surface area contributed by atoms with E-state index in [1.165, 1.54) is 19.6 Å². The number of esters is 4. The molecule has 18 rings (SSSR count). The first kappa shape index (κ1) is 85.3. The van der Waals surface area contributed by atoms with Crippen molar-refractivity contribution in [3.05, 3.63) is 329 Å². The van der Waals surface area contributed by atoms with Gasteiger partial charge in [0, 0.05) is 22.4 Å². The fourth-order valence-electron chi connectivity index (χ4n) is 13.9. The number of carbonyl (C=O) groups is 8. The van der Waals surface area contributed by atoms with Crippen molar-refractivity contribution in [1.82, 2.24) is 19.9 Å². The molecular formula is C99H83N7O16. The maximum absolute atomic E-state index is 11.9. The molecule has 0 saturated heterocycles. The van der Waals surface area contributed by atoms with E-state index in [-0.39, 0.29) is 54.0 Å². The molecule has 122 heavy (non-hydrogen) atoms. The Labute approximate surface area is 696 Å². The van der Waals surface area contributed by atoms with Gasteiger partial charge in [0.15, 0.2) is 11.6 Å². The predicted octanol–water partition coefficient (Wildman–Crippen LogP) is 19.3. The number of carboxylic acids is 1. The lowest BCUT2D eigenvalue weighted by Crippen LogP contribution is -2.28. The fraction of sp³-hybridized carbons (Fsp3) is 0.111. The number of benzene rings is 16. The normalized spacial score (nSPS) is 10.8. The van der Waals surface area contributed by atoms with Crippen LogP contribution in [0.3, 0.4) is 0 Å². The maximum atomic E-state index is 11.9. The van der Waals surface area contributed by atoms with Crippen LogP contribution in [0.2, 0.25) is 0 Å². The molecule has 0 fully saturated rings. The van der Waals surface area contributed by atoms with Crippen molar-refractivity contribution < 1.29 is 62.4 Å². The maximum Gasteiger partial charge on any atom is 0.338 e. The smallest absolute Gasteiger partial charge is 0.338 e. The molecule has 0 radical (unpaired) electrons. The van der Waals surface area contributed by atoms with Crippen LogP contribution in [0.25, 0.3) is 130 Å². The first-order valence-corrected chi connectivity index (χ1v) is 38.1. The number of aromatic nitrogens is 4. The molecule has 610 valence electrons. The Morgan fingerprint density at radius 2 is 0.631 bits per heavy atom. The number of nitrogens with one attached hydrogen (secondary N) is 3. The van der Waals surface area contributed by atoms with E-state index in [0.29, 0.717) is 85.7 Å². The number of nitrogen functional groups attached to an aromatic ring is 3. The van der Waals surface area contributed by atoms with Crippen molar-refractivity contribution in [2.45, 2.75) is 49.0 Å². The lowest BCUT2D eigenvalue weighted by atomic mass is 9.99. The second kappa shape index (κ2) is 36.6. The highest BCUT2D eigenvalue weighted by Crippen LogP contribution is 2.33. The molecule has 0 aliphatic rings. The Morgan fingerprint density at radius 1 is 0.344 bits per heavy atom. The summed E-state index contributed by atoms with van der Waals surface area (Å²) in [6, 6.07) is 74.9. The molecule has 16 aromatic carbocycles. The number of hydrogen-bond donors (Lipinski definition) is 7. The highest BCUT2D eigenvalue weighted by Gasteiger charge is 2.16. The number of rotatable bonds is 10. The van der Waals surface area contributed by atoms with E-state index in [1.54, 1.807) is 113 Å². The number of Topliss-reactive ketones (excluding diaryl/α,β-unsaturated/α-hetero) is 2. The third-order valence-corrected chi connectivity index (χ3v) is 20.4. The summed E-state index contributed by atoms with van der Waals surface area (Å²) in [4.78, 5) is 137. The summed E-state index contributed by atoms with van der Waals surface area (Å²) in [6.45, 7) is 11.0. The molecule has 23 nitrogen and oxygen atoms in total. The predicted molar refractivity (Wildman–Crippen MR) is 485 cm³/mol. The number of anilines is 3.